The zero-order chi connectivity index (χ0) is 27.0. The van der Waals surface area contributed by atoms with Gasteiger partial charge in [-0.1, -0.05) is 24.6 Å². The van der Waals surface area contributed by atoms with Crippen LogP contribution < -0.4 is 5.32 Å². The number of aromatic nitrogens is 1. The zero-order valence-electron chi connectivity index (χ0n) is 22.4. The lowest BCUT2D eigenvalue weighted by atomic mass is 9.72. The molecule has 0 aliphatic carbocycles. The summed E-state index contributed by atoms with van der Waals surface area (Å²) in [6.45, 7) is 9.53. The normalized spacial score (nSPS) is 23.3. The van der Waals surface area contributed by atoms with Crippen LogP contribution in [0.5, 0.6) is 0 Å². The largest absolute Gasteiger partial charge is 0.396 e. The highest BCUT2D eigenvalue weighted by Crippen LogP contribution is 2.43. The van der Waals surface area contributed by atoms with Crippen LogP contribution in [0.25, 0.3) is 0 Å². The van der Waals surface area contributed by atoms with Crippen molar-refractivity contribution in [1.82, 2.24) is 25.0 Å². The predicted octanol–water partition coefficient (Wildman–Crippen LogP) is 4.55. The van der Waals surface area contributed by atoms with E-state index in [0.717, 1.165) is 63.3 Å². The van der Waals surface area contributed by atoms with Crippen molar-refractivity contribution in [2.24, 2.45) is 10.6 Å². The minimum absolute atomic E-state index is 0.121. The fraction of sp³-hybridized carbons (Fsp3) is 0.400. The van der Waals surface area contributed by atoms with E-state index in [9.17, 15) is 8.78 Å². The lowest BCUT2D eigenvalue weighted by Gasteiger charge is -2.61. The van der Waals surface area contributed by atoms with Crippen LogP contribution in [-0.4, -0.2) is 63.8 Å². The van der Waals surface area contributed by atoms with Crippen molar-refractivity contribution in [2.45, 2.75) is 38.9 Å². The Morgan fingerprint density at radius 2 is 1.92 bits per heavy atom. The number of benzene rings is 1. The third-order valence-corrected chi connectivity index (χ3v) is 7.94. The summed E-state index contributed by atoms with van der Waals surface area (Å²) >= 11 is 0. The molecule has 0 saturated carbocycles. The Kier molecular flexibility index (Phi) is 6.62. The molecular weight excluding hydrogens is 498 g/mol. The lowest BCUT2D eigenvalue weighted by molar-refractivity contribution is -0.103. The number of pyridine rings is 1. The summed E-state index contributed by atoms with van der Waals surface area (Å²) < 4.78 is 27.3. The first-order valence-corrected chi connectivity index (χ1v) is 13.6. The van der Waals surface area contributed by atoms with Crippen LogP contribution in [0.3, 0.4) is 0 Å². The second-order valence-corrected chi connectivity index (χ2v) is 11.0. The van der Waals surface area contributed by atoms with Gasteiger partial charge in [-0.05, 0) is 55.3 Å². The van der Waals surface area contributed by atoms with Gasteiger partial charge in [0.25, 0.3) is 0 Å². The number of oxime groups is 1. The maximum atomic E-state index is 13.8. The molecule has 1 spiro atoms. The van der Waals surface area contributed by atoms with E-state index in [1.54, 1.807) is 0 Å². The number of hydrogen-bond donors (Lipinski definition) is 1. The second-order valence-electron chi connectivity index (χ2n) is 11.0. The summed E-state index contributed by atoms with van der Waals surface area (Å²) in [7, 11) is 0. The van der Waals surface area contributed by atoms with E-state index in [-0.39, 0.29) is 5.66 Å². The Bertz CT molecular complexity index is 1340. The van der Waals surface area contributed by atoms with Crippen LogP contribution in [0.4, 0.5) is 8.78 Å². The van der Waals surface area contributed by atoms with Crippen LogP contribution >= 0.6 is 0 Å². The Hall–Kier alpha value is -3.72. The van der Waals surface area contributed by atoms with Gasteiger partial charge in [0.15, 0.2) is 11.6 Å². The summed E-state index contributed by atoms with van der Waals surface area (Å²) in [5.41, 5.74) is 3.99. The Morgan fingerprint density at radius 1 is 1.08 bits per heavy atom. The van der Waals surface area contributed by atoms with E-state index in [4.69, 9.17) is 4.84 Å². The smallest absolute Gasteiger partial charge is 0.159 e. The maximum Gasteiger partial charge on any atom is 0.159 e. The fourth-order valence-electron chi connectivity index (χ4n) is 6.17. The van der Waals surface area contributed by atoms with Crippen molar-refractivity contribution in [3.05, 3.63) is 101 Å². The van der Waals surface area contributed by atoms with E-state index in [0.29, 0.717) is 29.0 Å². The molecular formula is C30H34F2N6O. The highest BCUT2D eigenvalue weighted by molar-refractivity contribution is 6.11. The first-order valence-electron chi connectivity index (χ1n) is 13.6. The molecule has 4 aliphatic heterocycles. The third-order valence-electron chi connectivity index (χ3n) is 7.94. The molecule has 6 rings (SSSR count). The average Bonchev–Trinajstić information content (AvgIpc) is 3.30. The Morgan fingerprint density at radius 3 is 2.64 bits per heavy atom. The minimum Gasteiger partial charge on any atom is -0.396 e. The molecule has 2 aromatic rings. The molecule has 0 radical (unpaired) electrons. The first kappa shape index (κ1) is 25.6. The van der Waals surface area contributed by atoms with Crippen LogP contribution in [0.2, 0.25) is 0 Å². The van der Waals surface area contributed by atoms with Crippen LogP contribution in [0.15, 0.2) is 78.1 Å². The molecule has 1 aromatic carbocycles. The number of nitrogens with one attached hydrogen (secondary N) is 1. The zero-order valence-corrected chi connectivity index (χ0v) is 22.4. The Labute approximate surface area is 228 Å². The molecule has 9 heteroatoms. The number of hydrogen-bond acceptors (Lipinski definition) is 7. The van der Waals surface area contributed by atoms with Crippen molar-refractivity contribution in [3.8, 4) is 0 Å². The molecule has 7 nitrogen and oxygen atoms in total. The van der Waals surface area contributed by atoms with Crippen LogP contribution in [0.1, 0.15) is 43.5 Å². The van der Waals surface area contributed by atoms with Crippen molar-refractivity contribution < 1.29 is 13.6 Å². The fourth-order valence-corrected chi connectivity index (χ4v) is 6.17. The molecule has 1 atom stereocenters. The van der Waals surface area contributed by atoms with Gasteiger partial charge >= 0.3 is 0 Å². The molecule has 1 aromatic heterocycles. The summed E-state index contributed by atoms with van der Waals surface area (Å²) in [4.78, 5) is 17.0. The van der Waals surface area contributed by atoms with Crippen molar-refractivity contribution in [2.75, 3.05) is 32.8 Å². The highest BCUT2D eigenvalue weighted by atomic mass is 19.2. The summed E-state index contributed by atoms with van der Waals surface area (Å²) in [6.07, 6.45) is 15.0. The molecule has 39 heavy (non-hydrogen) atoms. The number of nitrogens with zero attached hydrogens (tertiary/aromatic N) is 5. The SMILES string of the molecule is CCCC12C=C(N3CC4(CN(Cc5ccc(/C(=N/OCC)c6ccc(F)c(F)c6)nc5)C4)C3)C=CN1C=CN2. The lowest BCUT2D eigenvalue weighted by Crippen LogP contribution is -2.71. The molecule has 0 bridgehead atoms. The van der Waals surface area contributed by atoms with E-state index in [1.165, 1.54) is 11.8 Å². The molecule has 2 saturated heterocycles. The van der Waals surface area contributed by atoms with Gasteiger partial charge in [-0.2, -0.15) is 0 Å². The van der Waals surface area contributed by atoms with E-state index < -0.39 is 11.6 Å². The molecule has 2 fully saturated rings. The predicted molar refractivity (Wildman–Crippen MR) is 146 cm³/mol. The van der Waals surface area contributed by atoms with Gasteiger partial charge in [0, 0.05) is 74.2 Å². The molecule has 5 heterocycles. The number of allylic oxidation sites excluding steroid dienone is 1. The van der Waals surface area contributed by atoms with Gasteiger partial charge in [-0.3, -0.25) is 9.88 Å². The number of fused-ring (bicyclic) bond motifs is 1. The quantitative estimate of drug-likeness (QED) is 0.378. The maximum absolute atomic E-state index is 13.8. The molecule has 0 amide bonds. The van der Waals surface area contributed by atoms with Crippen molar-refractivity contribution >= 4 is 5.71 Å². The molecule has 4 aliphatic rings. The van der Waals surface area contributed by atoms with Crippen LogP contribution in [-0.2, 0) is 11.4 Å². The highest BCUT2D eigenvalue weighted by Gasteiger charge is 2.52. The van der Waals surface area contributed by atoms with Gasteiger partial charge in [-0.15, -0.1) is 0 Å². The third kappa shape index (κ3) is 4.80. The Balaban J connectivity index is 1.05. The topological polar surface area (TPSA) is 56.2 Å². The second kappa shape index (κ2) is 10.1. The molecule has 204 valence electrons. The standard InChI is InChI=1S/C30H34F2N6O/c1-3-10-30-15-24(9-12-38(30)13-11-34-30)37-20-29(21-37)18-36(19-29)17-22-5-8-27(33-16-22)28(35-39-4-2)23-6-7-25(31)26(32)14-23/h5-9,11-16,34H,3-4,10,17-21H2,1-2H3/b35-28+. The van der Waals surface area contributed by atoms with Gasteiger partial charge in [-0.25, -0.2) is 8.78 Å². The van der Waals surface area contributed by atoms with E-state index in [1.807, 2.05) is 31.5 Å². The number of likely N-dealkylation sites (tertiary alicyclic amines) is 2. The molecule has 1 N–H and O–H groups in total. The average molecular weight is 533 g/mol. The number of rotatable bonds is 9. The van der Waals surface area contributed by atoms with Crippen molar-refractivity contribution in [3.63, 3.8) is 0 Å². The monoisotopic (exact) mass is 532 g/mol. The summed E-state index contributed by atoms with van der Waals surface area (Å²) in [5, 5.41) is 7.67. The first-order chi connectivity index (χ1) is 18.9. The number of halogens is 2. The van der Waals surface area contributed by atoms with Gasteiger partial charge in [0.1, 0.15) is 18.0 Å². The van der Waals surface area contributed by atoms with Gasteiger partial charge in [0.05, 0.1) is 5.69 Å². The summed E-state index contributed by atoms with van der Waals surface area (Å²) in [5.74, 6) is -1.83. The minimum atomic E-state index is -0.931. The van der Waals surface area contributed by atoms with E-state index >= 15 is 0 Å². The summed E-state index contributed by atoms with van der Waals surface area (Å²) in [6, 6.07) is 7.56. The molecule has 1 unspecified atom stereocenters. The van der Waals surface area contributed by atoms with E-state index in [2.05, 4.69) is 61.6 Å². The van der Waals surface area contributed by atoms with Crippen LogP contribution in [0, 0.1) is 17.0 Å². The van der Waals surface area contributed by atoms with Crippen molar-refractivity contribution in [1.29, 1.82) is 0 Å². The van der Waals surface area contributed by atoms with Gasteiger partial charge < -0.3 is 20.0 Å². The van der Waals surface area contributed by atoms with Gasteiger partial charge in [0.2, 0.25) is 0 Å².